The zero-order chi connectivity index (χ0) is 22.4. The molecule has 1 N–H and O–H groups in total. The molecule has 0 aliphatic carbocycles. The number of sulfonamides is 1. The summed E-state index contributed by atoms with van der Waals surface area (Å²) in [7, 11) is -3.80. The Kier molecular flexibility index (Phi) is 6.44. The monoisotopic (exact) mass is 448 g/mol. The lowest BCUT2D eigenvalue weighted by Crippen LogP contribution is -2.23. The van der Waals surface area contributed by atoms with E-state index in [4.69, 9.17) is 9.15 Å². The molecule has 0 bridgehead atoms. The van der Waals surface area contributed by atoms with Gasteiger partial charge in [-0.3, -0.25) is 0 Å². The number of carbonyl (C=O) groups is 1. The molecule has 0 aliphatic rings. The summed E-state index contributed by atoms with van der Waals surface area (Å²) in [4.78, 5) is 16.5. The Hall–Kier alpha value is -3.75. The number of esters is 1. The highest BCUT2D eigenvalue weighted by atomic mass is 32.2. The number of nitrogens with zero attached hydrogens (tertiary/aromatic N) is 1. The van der Waals surface area contributed by atoms with Crippen molar-refractivity contribution in [2.75, 3.05) is 0 Å². The lowest BCUT2D eigenvalue weighted by Gasteiger charge is -2.08. The van der Waals surface area contributed by atoms with Gasteiger partial charge in [0.05, 0.1) is 16.7 Å². The normalized spacial score (nSPS) is 11.2. The number of hydrogen-bond donors (Lipinski definition) is 1. The van der Waals surface area contributed by atoms with Gasteiger partial charge >= 0.3 is 5.97 Å². The van der Waals surface area contributed by atoms with Crippen LogP contribution in [0.2, 0.25) is 0 Å². The first-order valence-corrected chi connectivity index (χ1v) is 11.3. The maximum absolute atomic E-state index is 12.6. The fourth-order valence-corrected chi connectivity index (χ4v) is 4.03. The van der Waals surface area contributed by atoms with Crippen molar-refractivity contribution >= 4 is 16.0 Å². The maximum Gasteiger partial charge on any atom is 0.338 e. The maximum atomic E-state index is 12.6. The summed E-state index contributed by atoms with van der Waals surface area (Å²) >= 11 is 0. The van der Waals surface area contributed by atoms with Crippen molar-refractivity contribution in [3.05, 3.63) is 108 Å². The summed E-state index contributed by atoms with van der Waals surface area (Å²) in [5, 5.41) is 0. The lowest BCUT2D eigenvalue weighted by molar-refractivity contribution is 0.0438. The Bertz CT molecular complexity index is 1300. The van der Waals surface area contributed by atoms with Crippen molar-refractivity contribution in [2.24, 2.45) is 0 Å². The second-order valence-electron chi connectivity index (χ2n) is 6.90. The molecular formula is C24H20N2O5S. The van der Waals surface area contributed by atoms with E-state index in [0.29, 0.717) is 5.76 Å². The fourth-order valence-electron chi connectivity index (χ4n) is 2.97. The van der Waals surface area contributed by atoms with Gasteiger partial charge in [0.2, 0.25) is 15.9 Å². The minimum atomic E-state index is -3.80. The molecule has 4 aromatic rings. The van der Waals surface area contributed by atoms with Gasteiger partial charge in [-0.05, 0) is 23.8 Å². The van der Waals surface area contributed by atoms with Crippen LogP contribution in [0.15, 0.2) is 100 Å². The molecule has 0 saturated carbocycles. The minimum Gasteiger partial charge on any atom is -0.452 e. The molecule has 1 aromatic heterocycles. The molecule has 8 heteroatoms. The van der Waals surface area contributed by atoms with E-state index in [9.17, 15) is 13.2 Å². The highest BCUT2D eigenvalue weighted by Crippen LogP contribution is 2.20. The molecule has 162 valence electrons. The second-order valence-corrected chi connectivity index (χ2v) is 8.67. The van der Waals surface area contributed by atoms with Crippen LogP contribution >= 0.6 is 0 Å². The SMILES string of the molecule is O=C(OCc1ncc(-c2ccccc2)o1)c1cccc(S(=O)(=O)NCc2ccccc2)c1. The average molecular weight is 449 g/mol. The summed E-state index contributed by atoms with van der Waals surface area (Å²) in [6.07, 6.45) is 1.56. The van der Waals surface area contributed by atoms with Crippen LogP contribution in [0.3, 0.4) is 0 Å². The lowest BCUT2D eigenvalue weighted by atomic mass is 10.2. The molecule has 0 radical (unpaired) electrons. The zero-order valence-corrected chi connectivity index (χ0v) is 17.8. The Labute approximate surface area is 185 Å². The summed E-state index contributed by atoms with van der Waals surface area (Å²) in [5.74, 6) is 0.129. The largest absolute Gasteiger partial charge is 0.452 e. The quantitative estimate of drug-likeness (QED) is 0.406. The van der Waals surface area contributed by atoms with Gasteiger partial charge in [0.15, 0.2) is 12.4 Å². The zero-order valence-electron chi connectivity index (χ0n) is 17.0. The van der Waals surface area contributed by atoms with Crippen LogP contribution in [0.1, 0.15) is 21.8 Å². The van der Waals surface area contributed by atoms with Crippen molar-refractivity contribution in [1.82, 2.24) is 9.71 Å². The third-order valence-electron chi connectivity index (χ3n) is 4.63. The average Bonchev–Trinajstić information content (AvgIpc) is 3.32. The fraction of sp³-hybridized carbons (Fsp3) is 0.0833. The van der Waals surface area contributed by atoms with Gasteiger partial charge in [-0.25, -0.2) is 22.9 Å². The van der Waals surface area contributed by atoms with Gasteiger partial charge in [0.1, 0.15) is 0 Å². The van der Waals surface area contributed by atoms with Crippen molar-refractivity contribution in [3.8, 4) is 11.3 Å². The predicted molar refractivity (Wildman–Crippen MR) is 118 cm³/mol. The van der Waals surface area contributed by atoms with E-state index in [-0.39, 0.29) is 29.5 Å². The summed E-state index contributed by atoms with van der Waals surface area (Å²) < 4.78 is 38.6. The molecule has 0 fully saturated rings. The Morgan fingerprint density at radius 1 is 0.938 bits per heavy atom. The minimum absolute atomic E-state index is 0.0228. The van der Waals surface area contributed by atoms with Crippen LogP contribution < -0.4 is 4.72 Å². The van der Waals surface area contributed by atoms with Crippen LogP contribution in [0.4, 0.5) is 0 Å². The van der Waals surface area contributed by atoms with E-state index in [1.165, 1.54) is 24.3 Å². The molecule has 32 heavy (non-hydrogen) atoms. The van der Waals surface area contributed by atoms with Gasteiger partial charge in [-0.15, -0.1) is 0 Å². The number of nitrogens with one attached hydrogen (secondary N) is 1. The van der Waals surface area contributed by atoms with Crippen LogP contribution in [-0.4, -0.2) is 19.4 Å². The number of ether oxygens (including phenoxy) is 1. The molecule has 0 saturated heterocycles. The molecule has 0 atom stereocenters. The Balaban J connectivity index is 1.39. The highest BCUT2D eigenvalue weighted by molar-refractivity contribution is 7.89. The second kappa shape index (κ2) is 9.59. The van der Waals surface area contributed by atoms with Gasteiger partial charge in [-0.1, -0.05) is 66.7 Å². The molecule has 0 aliphatic heterocycles. The molecule has 3 aromatic carbocycles. The van der Waals surface area contributed by atoms with E-state index in [1.54, 1.807) is 6.20 Å². The standard InChI is InChI=1S/C24H20N2O5S/c27-24(30-17-23-25-16-22(31-23)19-10-5-2-6-11-19)20-12-7-13-21(14-20)32(28,29)26-15-18-8-3-1-4-9-18/h1-14,16,26H,15,17H2. The van der Waals surface area contributed by atoms with E-state index in [2.05, 4.69) is 9.71 Å². The van der Waals surface area contributed by atoms with Gasteiger partial charge in [-0.2, -0.15) is 0 Å². The van der Waals surface area contributed by atoms with E-state index >= 15 is 0 Å². The van der Waals surface area contributed by atoms with Crippen molar-refractivity contribution in [3.63, 3.8) is 0 Å². The van der Waals surface area contributed by atoms with Crippen LogP contribution in [0, 0.1) is 0 Å². The third kappa shape index (κ3) is 5.29. The van der Waals surface area contributed by atoms with Crippen LogP contribution in [-0.2, 0) is 27.9 Å². The van der Waals surface area contributed by atoms with Crippen LogP contribution in [0.5, 0.6) is 0 Å². The molecule has 0 spiro atoms. The molecule has 7 nitrogen and oxygen atoms in total. The van der Waals surface area contributed by atoms with Crippen LogP contribution in [0.25, 0.3) is 11.3 Å². The first-order chi connectivity index (χ1) is 15.5. The number of carbonyl (C=O) groups excluding carboxylic acids is 1. The number of benzene rings is 3. The van der Waals surface area contributed by atoms with Gasteiger partial charge in [0, 0.05) is 12.1 Å². The predicted octanol–water partition coefficient (Wildman–Crippen LogP) is 4.18. The highest BCUT2D eigenvalue weighted by Gasteiger charge is 2.17. The summed E-state index contributed by atoms with van der Waals surface area (Å²) in [5.41, 5.74) is 1.80. The van der Waals surface area contributed by atoms with Gasteiger partial charge < -0.3 is 9.15 Å². The molecular weight excluding hydrogens is 428 g/mol. The third-order valence-corrected chi connectivity index (χ3v) is 6.03. The van der Waals surface area contributed by atoms with E-state index < -0.39 is 16.0 Å². The Morgan fingerprint density at radius 3 is 2.41 bits per heavy atom. The van der Waals surface area contributed by atoms with Gasteiger partial charge in [0.25, 0.3) is 0 Å². The number of rotatable bonds is 8. The molecule has 0 unspecified atom stereocenters. The van der Waals surface area contributed by atoms with Crippen molar-refractivity contribution < 1.29 is 22.4 Å². The Morgan fingerprint density at radius 2 is 1.66 bits per heavy atom. The first kappa shape index (κ1) is 21.5. The smallest absolute Gasteiger partial charge is 0.338 e. The molecule has 4 rings (SSSR count). The summed E-state index contributed by atoms with van der Waals surface area (Å²) in [6, 6.07) is 24.3. The molecule has 0 amide bonds. The van der Waals surface area contributed by atoms with Crippen molar-refractivity contribution in [1.29, 1.82) is 0 Å². The number of aromatic nitrogens is 1. The van der Waals surface area contributed by atoms with E-state index in [1.807, 2.05) is 60.7 Å². The topological polar surface area (TPSA) is 98.5 Å². The number of hydrogen-bond acceptors (Lipinski definition) is 6. The molecule has 1 heterocycles. The number of oxazole rings is 1. The van der Waals surface area contributed by atoms with E-state index in [0.717, 1.165) is 11.1 Å². The first-order valence-electron chi connectivity index (χ1n) is 9.82. The summed E-state index contributed by atoms with van der Waals surface area (Å²) in [6.45, 7) is -0.0271. The van der Waals surface area contributed by atoms with Crippen molar-refractivity contribution in [2.45, 2.75) is 18.0 Å².